The Morgan fingerprint density at radius 2 is 1.63 bits per heavy atom. The van der Waals surface area contributed by atoms with Crippen LogP contribution >= 0.6 is 0 Å². The summed E-state index contributed by atoms with van der Waals surface area (Å²) in [4.78, 5) is 2.14. The predicted octanol–water partition coefficient (Wildman–Crippen LogP) is -0.425. The second-order valence-electron chi connectivity index (χ2n) is 4.53. The molecule has 0 aliphatic carbocycles. The second kappa shape index (κ2) is 7.28. The van der Waals surface area contributed by atoms with Gasteiger partial charge in [-0.05, 0) is 17.7 Å². The van der Waals surface area contributed by atoms with Crippen molar-refractivity contribution in [2.24, 2.45) is 7.05 Å². The number of hydrogen-bond acceptors (Lipinski definition) is 1. The molecule has 0 N–H and O–H groups in total. The molecule has 0 fully saturated rings. The quantitative estimate of drug-likeness (QED) is 0.529. The van der Waals surface area contributed by atoms with E-state index in [4.69, 9.17) is 0 Å². The number of halogens is 1. The first kappa shape index (κ1) is 15.7. The van der Waals surface area contributed by atoms with Crippen molar-refractivity contribution in [2.75, 3.05) is 14.1 Å². The second-order valence-corrected chi connectivity index (χ2v) is 4.53. The number of nitrogens with zero attached hydrogens (tertiary/aromatic N) is 2. The van der Waals surface area contributed by atoms with E-state index < -0.39 is 0 Å². The van der Waals surface area contributed by atoms with Gasteiger partial charge in [0.15, 0.2) is 6.20 Å². The molecule has 1 aromatic heterocycles. The van der Waals surface area contributed by atoms with Crippen molar-refractivity contribution in [3.05, 3.63) is 66.0 Å². The van der Waals surface area contributed by atoms with Gasteiger partial charge in [0.05, 0.1) is 0 Å². The molecular formula is C16H19IN2. The Hall–Kier alpha value is -1.36. The maximum absolute atomic E-state index is 2.20. The minimum atomic E-state index is 0. The minimum absolute atomic E-state index is 0. The van der Waals surface area contributed by atoms with Crippen LogP contribution in [-0.2, 0) is 7.05 Å². The number of aromatic nitrogens is 1. The summed E-state index contributed by atoms with van der Waals surface area (Å²) in [6.07, 6.45) is 4.27. The molecule has 0 aliphatic heterocycles. The largest absolute Gasteiger partial charge is 1.00 e. The molecule has 0 bridgehead atoms. The van der Waals surface area contributed by atoms with Crippen molar-refractivity contribution < 1.29 is 28.5 Å². The van der Waals surface area contributed by atoms with Crippen LogP contribution in [0.5, 0.6) is 0 Å². The molecule has 0 unspecified atom stereocenters. The molecule has 2 rings (SSSR count). The van der Waals surface area contributed by atoms with E-state index in [1.807, 2.05) is 12.1 Å². The monoisotopic (exact) mass is 366 g/mol. The first-order valence-corrected chi connectivity index (χ1v) is 6.07. The lowest BCUT2D eigenvalue weighted by molar-refractivity contribution is -0.674. The van der Waals surface area contributed by atoms with E-state index in [0.29, 0.717) is 0 Å². The fourth-order valence-electron chi connectivity index (χ4n) is 1.93. The zero-order valence-corrected chi connectivity index (χ0v) is 13.7. The van der Waals surface area contributed by atoms with Gasteiger partial charge < -0.3 is 28.9 Å². The molecule has 0 atom stereocenters. The van der Waals surface area contributed by atoms with E-state index in [2.05, 4.69) is 79.3 Å². The first-order chi connectivity index (χ1) is 8.68. The van der Waals surface area contributed by atoms with Gasteiger partial charge in [0.1, 0.15) is 12.7 Å². The summed E-state index contributed by atoms with van der Waals surface area (Å²) in [5.74, 6) is 0. The van der Waals surface area contributed by atoms with Crippen LogP contribution in [0, 0.1) is 0 Å². The third kappa shape index (κ3) is 4.06. The molecule has 100 valence electrons. The highest BCUT2D eigenvalue weighted by Gasteiger charge is 2.13. The van der Waals surface area contributed by atoms with Crippen molar-refractivity contribution in [3.63, 3.8) is 0 Å². The van der Waals surface area contributed by atoms with Crippen LogP contribution in [0.1, 0.15) is 11.3 Å². The van der Waals surface area contributed by atoms with E-state index in [1.165, 1.54) is 17.0 Å². The Morgan fingerprint density at radius 1 is 1.00 bits per heavy atom. The lowest BCUT2D eigenvalue weighted by Gasteiger charge is -2.15. The fraction of sp³-hybridized carbons (Fsp3) is 0.188. The zero-order valence-electron chi connectivity index (χ0n) is 11.5. The summed E-state index contributed by atoms with van der Waals surface area (Å²) in [6, 6.07) is 16.6. The van der Waals surface area contributed by atoms with E-state index in [1.54, 1.807) is 0 Å². The summed E-state index contributed by atoms with van der Waals surface area (Å²) >= 11 is 0. The maximum Gasteiger partial charge on any atom is 0.228 e. The molecule has 0 saturated carbocycles. The lowest BCUT2D eigenvalue weighted by Crippen LogP contribution is -3.00. The van der Waals surface area contributed by atoms with Gasteiger partial charge in [-0.15, -0.1) is 0 Å². The summed E-state index contributed by atoms with van der Waals surface area (Å²) < 4.78 is 2.13. The van der Waals surface area contributed by atoms with Gasteiger partial charge >= 0.3 is 0 Å². The molecule has 0 spiro atoms. The van der Waals surface area contributed by atoms with Crippen molar-refractivity contribution in [1.82, 2.24) is 4.90 Å². The molecule has 1 aromatic carbocycles. The van der Waals surface area contributed by atoms with E-state index in [9.17, 15) is 0 Å². The van der Waals surface area contributed by atoms with Gasteiger partial charge in [0.25, 0.3) is 0 Å². The summed E-state index contributed by atoms with van der Waals surface area (Å²) in [6.45, 7) is 0. The van der Waals surface area contributed by atoms with Crippen LogP contribution in [0.2, 0.25) is 0 Å². The van der Waals surface area contributed by atoms with Gasteiger partial charge in [-0.2, -0.15) is 4.57 Å². The van der Waals surface area contributed by atoms with Crippen molar-refractivity contribution in [3.8, 4) is 0 Å². The standard InChI is InChI=1S/C16H19N2.HI/c1-17(2)16(13-14-9-5-4-6-10-14)15-11-7-8-12-18(15)3;/h4-13H,1-3H3;1H/q+1;/p-1. The highest BCUT2D eigenvalue weighted by molar-refractivity contribution is 5.77. The third-order valence-electron chi connectivity index (χ3n) is 2.90. The highest BCUT2D eigenvalue weighted by Crippen LogP contribution is 2.16. The molecule has 0 radical (unpaired) electrons. The van der Waals surface area contributed by atoms with E-state index in [0.717, 1.165) is 0 Å². The number of pyridine rings is 1. The third-order valence-corrected chi connectivity index (χ3v) is 2.90. The molecule has 19 heavy (non-hydrogen) atoms. The van der Waals surface area contributed by atoms with Crippen LogP contribution in [0.25, 0.3) is 11.8 Å². The van der Waals surface area contributed by atoms with Gasteiger partial charge in [0, 0.05) is 26.2 Å². The average molecular weight is 366 g/mol. The smallest absolute Gasteiger partial charge is 0.228 e. The van der Waals surface area contributed by atoms with Crippen LogP contribution < -0.4 is 28.5 Å². The maximum atomic E-state index is 2.20. The molecule has 3 heteroatoms. The normalized spacial score (nSPS) is 10.8. The molecule has 1 heterocycles. The minimum Gasteiger partial charge on any atom is -1.00 e. The van der Waals surface area contributed by atoms with Crippen LogP contribution in [0.3, 0.4) is 0 Å². The molecule has 2 aromatic rings. The number of benzene rings is 1. The summed E-state index contributed by atoms with van der Waals surface area (Å²) in [5, 5.41) is 0. The van der Waals surface area contributed by atoms with Crippen LogP contribution in [0.15, 0.2) is 54.7 Å². The lowest BCUT2D eigenvalue weighted by atomic mass is 10.1. The first-order valence-electron chi connectivity index (χ1n) is 6.07. The molecular weight excluding hydrogens is 347 g/mol. The average Bonchev–Trinajstić information content (AvgIpc) is 2.38. The zero-order chi connectivity index (χ0) is 13.0. The summed E-state index contributed by atoms with van der Waals surface area (Å²) in [5.41, 5.74) is 3.61. The van der Waals surface area contributed by atoms with Crippen molar-refractivity contribution in [2.45, 2.75) is 0 Å². The Morgan fingerprint density at radius 3 is 2.21 bits per heavy atom. The Kier molecular flexibility index (Phi) is 6.02. The van der Waals surface area contributed by atoms with Gasteiger partial charge in [-0.25, -0.2) is 0 Å². The van der Waals surface area contributed by atoms with E-state index in [-0.39, 0.29) is 24.0 Å². The van der Waals surface area contributed by atoms with Gasteiger partial charge in [-0.1, -0.05) is 30.3 Å². The topological polar surface area (TPSA) is 7.12 Å². The van der Waals surface area contributed by atoms with Gasteiger partial charge in [-0.3, -0.25) is 0 Å². The van der Waals surface area contributed by atoms with Crippen molar-refractivity contribution >= 4 is 11.8 Å². The Balaban J connectivity index is 0.00000180. The number of rotatable bonds is 3. The van der Waals surface area contributed by atoms with E-state index >= 15 is 0 Å². The van der Waals surface area contributed by atoms with Crippen LogP contribution in [-0.4, -0.2) is 19.0 Å². The molecule has 0 amide bonds. The van der Waals surface area contributed by atoms with Crippen LogP contribution in [0.4, 0.5) is 0 Å². The Bertz CT molecular complexity index is 548. The molecule has 0 saturated heterocycles. The number of hydrogen-bond donors (Lipinski definition) is 0. The van der Waals surface area contributed by atoms with Gasteiger partial charge in [0.2, 0.25) is 5.69 Å². The SMILES string of the molecule is CN(C)C(=Cc1ccccc1)c1cccc[n+]1C.[I-]. The Labute approximate surface area is 132 Å². The fourth-order valence-corrected chi connectivity index (χ4v) is 1.93. The number of aryl methyl sites for hydroxylation is 1. The highest BCUT2D eigenvalue weighted by atomic mass is 127. The molecule has 2 nitrogen and oxygen atoms in total. The summed E-state index contributed by atoms with van der Waals surface area (Å²) in [7, 11) is 6.21. The molecule has 0 aliphatic rings. The predicted molar refractivity (Wildman–Crippen MR) is 75.6 cm³/mol. The van der Waals surface area contributed by atoms with Crippen molar-refractivity contribution in [1.29, 1.82) is 0 Å².